The van der Waals surface area contributed by atoms with Gasteiger partial charge in [0.05, 0.1) is 12.2 Å². The van der Waals surface area contributed by atoms with Gasteiger partial charge in [-0.3, -0.25) is 9.59 Å². The van der Waals surface area contributed by atoms with E-state index in [1.165, 1.54) is 24.3 Å². The fourth-order valence-corrected chi connectivity index (χ4v) is 4.47. The molecular weight excluding hydrogens is 405 g/mol. The van der Waals surface area contributed by atoms with Crippen molar-refractivity contribution in [2.75, 3.05) is 26.2 Å². The molecule has 2 aliphatic heterocycles. The van der Waals surface area contributed by atoms with Crippen molar-refractivity contribution < 1.29 is 27.5 Å². The van der Waals surface area contributed by atoms with Gasteiger partial charge in [0.1, 0.15) is 0 Å². The van der Waals surface area contributed by atoms with Crippen LogP contribution in [0.3, 0.4) is 0 Å². The zero-order chi connectivity index (χ0) is 21.2. The summed E-state index contributed by atoms with van der Waals surface area (Å²) in [7, 11) is 0. The maximum atomic E-state index is 12.8. The van der Waals surface area contributed by atoms with Crippen molar-refractivity contribution in [3.05, 3.63) is 29.8 Å². The van der Waals surface area contributed by atoms with Crippen molar-refractivity contribution >= 4 is 23.6 Å². The molecule has 0 aromatic heterocycles. The Bertz CT molecular complexity index is 723. The number of nitrogens with zero attached hydrogens (tertiary/aromatic N) is 2. The minimum Gasteiger partial charge on any atom is -0.372 e. The summed E-state index contributed by atoms with van der Waals surface area (Å²) in [5.41, 5.74) is -3.99. The summed E-state index contributed by atoms with van der Waals surface area (Å²) >= 11 is -0.202. The first-order valence-corrected chi connectivity index (χ1v) is 10.5. The number of carbonyl (C=O) groups excluding carboxylic acids is 2. The van der Waals surface area contributed by atoms with Gasteiger partial charge in [-0.05, 0) is 62.7 Å². The Kier molecular flexibility index (Phi) is 6.78. The molecule has 9 heteroatoms. The Hall–Kier alpha value is -1.74. The van der Waals surface area contributed by atoms with E-state index in [0.29, 0.717) is 44.6 Å². The molecule has 2 unspecified atom stereocenters. The van der Waals surface area contributed by atoms with Crippen LogP contribution in [0.4, 0.5) is 13.2 Å². The van der Waals surface area contributed by atoms with Gasteiger partial charge in [-0.15, -0.1) is 0 Å². The average Bonchev–Trinajstić information content (AvgIpc) is 2.65. The van der Waals surface area contributed by atoms with Crippen LogP contribution in [0.25, 0.3) is 0 Å². The number of halogens is 3. The van der Waals surface area contributed by atoms with E-state index in [-0.39, 0.29) is 46.6 Å². The average molecular weight is 430 g/mol. The van der Waals surface area contributed by atoms with E-state index >= 15 is 0 Å². The van der Waals surface area contributed by atoms with Gasteiger partial charge in [0.15, 0.2) is 0 Å². The third-order valence-electron chi connectivity index (χ3n) is 5.20. The lowest BCUT2D eigenvalue weighted by Crippen LogP contribution is -2.51. The number of alkyl halides is 3. The van der Waals surface area contributed by atoms with Gasteiger partial charge in [-0.25, -0.2) is 0 Å². The van der Waals surface area contributed by atoms with Crippen molar-refractivity contribution in [2.24, 2.45) is 5.92 Å². The first-order valence-electron chi connectivity index (χ1n) is 9.71. The van der Waals surface area contributed by atoms with E-state index in [0.717, 1.165) is 0 Å². The second-order valence-electron chi connectivity index (χ2n) is 7.64. The Labute approximate surface area is 172 Å². The monoisotopic (exact) mass is 430 g/mol. The lowest BCUT2D eigenvalue weighted by Gasteiger charge is -2.39. The summed E-state index contributed by atoms with van der Waals surface area (Å²) in [5, 5.41) is 0. The Morgan fingerprint density at radius 2 is 1.55 bits per heavy atom. The standard InChI is InChI=1S/C20H25F3N2O3S/c1-13-11-25(12-14(2)28-13)19(27)16-7-9-24(10-8-16)18(26)15-3-5-17(6-4-15)29-20(21,22)23/h3-6,13-14,16H,7-12H2,1-2H3. The molecule has 2 amide bonds. The molecule has 160 valence electrons. The van der Waals surface area contributed by atoms with E-state index in [1.54, 1.807) is 4.90 Å². The predicted octanol–water partition coefficient (Wildman–Crippen LogP) is 3.79. The molecule has 0 saturated carbocycles. The Balaban J connectivity index is 1.53. The second-order valence-corrected chi connectivity index (χ2v) is 8.78. The number of piperidine rings is 1. The molecule has 0 N–H and O–H groups in total. The fraction of sp³-hybridized carbons (Fsp3) is 0.600. The van der Waals surface area contributed by atoms with Gasteiger partial charge in [-0.2, -0.15) is 13.2 Å². The number of hydrogen-bond acceptors (Lipinski definition) is 4. The van der Waals surface area contributed by atoms with Crippen LogP contribution in [0.2, 0.25) is 0 Å². The lowest BCUT2D eigenvalue weighted by molar-refractivity contribution is -0.148. The summed E-state index contributed by atoms with van der Waals surface area (Å²) < 4.78 is 42.9. The third kappa shape index (κ3) is 5.88. The van der Waals surface area contributed by atoms with E-state index in [2.05, 4.69) is 0 Å². The number of benzene rings is 1. The maximum Gasteiger partial charge on any atom is 0.446 e. The van der Waals surface area contributed by atoms with E-state index in [9.17, 15) is 22.8 Å². The van der Waals surface area contributed by atoms with Gasteiger partial charge < -0.3 is 14.5 Å². The molecular formula is C20H25F3N2O3S. The second kappa shape index (κ2) is 8.95. The highest BCUT2D eigenvalue weighted by molar-refractivity contribution is 8.00. The smallest absolute Gasteiger partial charge is 0.372 e. The van der Waals surface area contributed by atoms with Crippen LogP contribution in [0.5, 0.6) is 0 Å². The highest BCUT2D eigenvalue weighted by Gasteiger charge is 2.34. The molecule has 0 spiro atoms. The molecule has 5 nitrogen and oxygen atoms in total. The number of rotatable bonds is 3. The number of carbonyl (C=O) groups is 2. The molecule has 29 heavy (non-hydrogen) atoms. The van der Waals surface area contributed by atoms with Crippen LogP contribution in [-0.2, 0) is 9.53 Å². The Morgan fingerprint density at radius 1 is 1.00 bits per heavy atom. The number of hydrogen-bond donors (Lipinski definition) is 0. The van der Waals surface area contributed by atoms with Gasteiger partial charge >= 0.3 is 5.51 Å². The third-order valence-corrected chi connectivity index (χ3v) is 5.94. The minimum atomic E-state index is -4.35. The molecule has 0 bridgehead atoms. The van der Waals surface area contributed by atoms with Crippen LogP contribution in [0, 0.1) is 5.92 Å². The van der Waals surface area contributed by atoms with Crippen molar-refractivity contribution in [3.8, 4) is 0 Å². The quantitative estimate of drug-likeness (QED) is 0.685. The van der Waals surface area contributed by atoms with Crippen LogP contribution >= 0.6 is 11.8 Å². The molecule has 2 fully saturated rings. The molecule has 2 saturated heterocycles. The number of likely N-dealkylation sites (tertiary alicyclic amines) is 1. The molecule has 0 radical (unpaired) electrons. The SMILES string of the molecule is CC1CN(C(=O)C2CCN(C(=O)c3ccc(SC(F)(F)F)cc3)CC2)CC(C)O1. The zero-order valence-electron chi connectivity index (χ0n) is 16.4. The van der Waals surface area contributed by atoms with Crippen LogP contribution in [0.1, 0.15) is 37.0 Å². The molecule has 3 rings (SSSR count). The van der Waals surface area contributed by atoms with Gasteiger partial charge in [0.2, 0.25) is 5.91 Å². The highest BCUT2D eigenvalue weighted by atomic mass is 32.2. The molecule has 1 aromatic rings. The summed E-state index contributed by atoms with van der Waals surface area (Å²) in [6.07, 6.45) is 1.21. The first-order chi connectivity index (χ1) is 13.6. The minimum absolute atomic E-state index is 0.0165. The van der Waals surface area contributed by atoms with Gasteiger partial charge in [0.25, 0.3) is 5.91 Å². The largest absolute Gasteiger partial charge is 0.446 e. The zero-order valence-corrected chi connectivity index (χ0v) is 17.3. The Morgan fingerprint density at radius 3 is 2.07 bits per heavy atom. The summed E-state index contributed by atoms with van der Waals surface area (Å²) in [6.45, 7) is 6.01. The van der Waals surface area contributed by atoms with Crippen molar-refractivity contribution in [1.82, 2.24) is 9.80 Å². The van der Waals surface area contributed by atoms with E-state index in [1.807, 2.05) is 18.7 Å². The van der Waals surface area contributed by atoms with E-state index < -0.39 is 5.51 Å². The van der Waals surface area contributed by atoms with E-state index in [4.69, 9.17) is 4.74 Å². The van der Waals surface area contributed by atoms with Crippen LogP contribution < -0.4 is 0 Å². The number of thioether (sulfide) groups is 1. The normalized spacial score (nSPS) is 23.9. The first kappa shape index (κ1) is 22.0. The van der Waals surface area contributed by atoms with Crippen molar-refractivity contribution in [1.29, 1.82) is 0 Å². The summed E-state index contributed by atoms with van der Waals surface area (Å²) in [5.74, 6) is -0.206. The fourth-order valence-electron chi connectivity index (χ4n) is 3.93. The van der Waals surface area contributed by atoms with Gasteiger partial charge in [-0.1, -0.05) is 0 Å². The molecule has 2 aliphatic rings. The van der Waals surface area contributed by atoms with Crippen molar-refractivity contribution in [3.63, 3.8) is 0 Å². The predicted molar refractivity (Wildman–Crippen MR) is 104 cm³/mol. The van der Waals surface area contributed by atoms with Crippen molar-refractivity contribution in [2.45, 2.75) is 49.3 Å². The molecule has 0 aliphatic carbocycles. The summed E-state index contributed by atoms with van der Waals surface area (Å²) in [6, 6.07) is 5.46. The van der Waals surface area contributed by atoms with Crippen LogP contribution in [0.15, 0.2) is 29.2 Å². The molecule has 1 aromatic carbocycles. The molecule has 2 heterocycles. The number of ether oxygens (including phenoxy) is 1. The summed E-state index contributed by atoms with van der Waals surface area (Å²) in [4.78, 5) is 29.0. The lowest BCUT2D eigenvalue weighted by atomic mass is 9.94. The number of amides is 2. The topological polar surface area (TPSA) is 49.9 Å². The highest BCUT2D eigenvalue weighted by Crippen LogP contribution is 2.36. The maximum absolute atomic E-state index is 12.8. The van der Waals surface area contributed by atoms with Crippen LogP contribution in [-0.4, -0.2) is 65.5 Å². The number of morpholine rings is 1. The molecule has 2 atom stereocenters. The van der Waals surface area contributed by atoms with Gasteiger partial charge in [0, 0.05) is 42.6 Å².